The van der Waals surface area contributed by atoms with Gasteiger partial charge in [0.25, 0.3) is 11.8 Å². The van der Waals surface area contributed by atoms with Gasteiger partial charge in [-0.15, -0.1) is 21.5 Å². The highest BCUT2D eigenvalue weighted by Gasteiger charge is 2.30. The number of amides is 1. The van der Waals surface area contributed by atoms with E-state index in [0.29, 0.717) is 36.2 Å². The normalized spacial score (nSPS) is 17.1. The Morgan fingerprint density at radius 1 is 1.37 bits per heavy atom. The number of carbonyl (C=O) groups is 1. The van der Waals surface area contributed by atoms with Crippen LogP contribution in [0.5, 0.6) is 5.75 Å². The number of rotatable bonds is 4. The van der Waals surface area contributed by atoms with Crippen LogP contribution in [0, 0.1) is 0 Å². The topological polar surface area (TPSA) is 68.5 Å². The Labute approximate surface area is 169 Å². The summed E-state index contributed by atoms with van der Waals surface area (Å²) in [5.74, 6) is 1.82. The highest BCUT2D eigenvalue weighted by atomic mass is 79.9. The molecule has 6 nitrogen and oxygen atoms in total. The highest BCUT2D eigenvalue weighted by molar-refractivity contribution is 9.10. The van der Waals surface area contributed by atoms with E-state index in [9.17, 15) is 4.79 Å². The number of halogens is 1. The summed E-state index contributed by atoms with van der Waals surface area (Å²) in [6.45, 7) is 1.28. The number of carbonyl (C=O) groups excluding carboxylic acids is 1. The number of piperidine rings is 1. The lowest BCUT2D eigenvalue weighted by Crippen LogP contribution is -2.39. The van der Waals surface area contributed by atoms with Crippen molar-refractivity contribution in [2.24, 2.45) is 0 Å². The quantitative estimate of drug-likeness (QED) is 0.584. The summed E-state index contributed by atoms with van der Waals surface area (Å²) in [7, 11) is 1.59. The number of methoxy groups -OCH3 is 1. The Bertz CT molecular complexity index is 942. The first-order valence-corrected chi connectivity index (χ1v) is 10.3. The molecule has 2 aromatic heterocycles. The zero-order valence-corrected chi connectivity index (χ0v) is 17.1. The predicted molar refractivity (Wildman–Crippen MR) is 106 cm³/mol. The van der Waals surface area contributed by atoms with Crippen molar-refractivity contribution >= 4 is 33.2 Å². The van der Waals surface area contributed by atoms with E-state index in [1.54, 1.807) is 24.5 Å². The summed E-state index contributed by atoms with van der Waals surface area (Å²) in [4.78, 5) is 15.8. The molecule has 0 N–H and O–H groups in total. The monoisotopic (exact) mass is 447 g/mol. The van der Waals surface area contributed by atoms with Crippen molar-refractivity contribution in [1.82, 2.24) is 15.1 Å². The third kappa shape index (κ3) is 3.77. The van der Waals surface area contributed by atoms with Crippen LogP contribution in [0.1, 0.15) is 35.0 Å². The molecule has 3 aromatic rings. The molecule has 3 heterocycles. The fourth-order valence-electron chi connectivity index (χ4n) is 3.23. The molecule has 140 valence electrons. The highest BCUT2D eigenvalue weighted by Crippen LogP contribution is 2.31. The van der Waals surface area contributed by atoms with E-state index in [4.69, 9.17) is 9.15 Å². The van der Waals surface area contributed by atoms with Gasteiger partial charge in [0, 0.05) is 17.6 Å². The van der Waals surface area contributed by atoms with Crippen LogP contribution in [0.2, 0.25) is 0 Å². The first-order chi connectivity index (χ1) is 13.2. The van der Waals surface area contributed by atoms with Crippen molar-refractivity contribution in [2.75, 3.05) is 20.2 Å². The molecule has 0 saturated carbocycles. The molecule has 0 aliphatic carbocycles. The fraction of sp³-hybridized carbons (Fsp3) is 0.316. The van der Waals surface area contributed by atoms with Gasteiger partial charge in [-0.25, -0.2) is 0 Å². The van der Waals surface area contributed by atoms with Crippen LogP contribution in [0.25, 0.3) is 10.8 Å². The van der Waals surface area contributed by atoms with Crippen molar-refractivity contribution in [2.45, 2.75) is 18.8 Å². The SMILES string of the molecule is COc1ccc(Br)c(C(=O)N2CCCC(c3nnc(-c4cccs4)o3)C2)c1. The van der Waals surface area contributed by atoms with Crippen molar-refractivity contribution < 1.29 is 13.9 Å². The van der Waals surface area contributed by atoms with Gasteiger partial charge in [-0.05, 0) is 58.4 Å². The lowest BCUT2D eigenvalue weighted by molar-refractivity contribution is 0.0697. The minimum absolute atomic E-state index is 0.0246. The van der Waals surface area contributed by atoms with Gasteiger partial charge in [0.2, 0.25) is 5.89 Å². The summed E-state index contributed by atoms with van der Waals surface area (Å²) in [6, 6.07) is 9.33. The van der Waals surface area contributed by atoms with Crippen molar-refractivity contribution in [3.05, 3.63) is 51.6 Å². The van der Waals surface area contributed by atoms with Gasteiger partial charge < -0.3 is 14.1 Å². The van der Waals surface area contributed by atoms with Gasteiger partial charge in [0.05, 0.1) is 23.5 Å². The number of aromatic nitrogens is 2. The minimum Gasteiger partial charge on any atom is -0.497 e. The van der Waals surface area contributed by atoms with Crippen LogP contribution >= 0.6 is 27.3 Å². The number of likely N-dealkylation sites (tertiary alicyclic amines) is 1. The number of benzene rings is 1. The summed E-state index contributed by atoms with van der Waals surface area (Å²) in [6.07, 6.45) is 1.82. The standard InChI is InChI=1S/C19H18BrN3O3S/c1-25-13-6-7-15(20)14(10-13)19(24)23-8-2-4-12(11-23)17-21-22-18(26-17)16-5-3-9-27-16/h3,5-7,9-10,12H,2,4,8,11H2,1H3. The lowest BCUT2D eigenvalue weighted by Gasteiger charge is -2.31. The Morgan fingerprint density at radius 2 is 2.26 bits per heavy atom. The van der Waals surface area contributed by atoms with E-state index >= 15 is 0 Å². The maximum atomic E-state index is 13.0. The van der Waals surface area contributed by atoms with Gasteiger partial charge in [-0.3, -0.25) is 4.79 Å². The van der Waals surface area contributed by atoms with E-state index in [0.717, 1.165) is 22.2 Å². The maximum absolute atomic E-state index is 13.0. The minimum atomic E-state index is -0.0246. The summed E-state index contributed by atoms with van der Waals surface area (Å²) in [5, 5.41) is 10.4. The zero-order valence-electron chi connectivity index (χ0n) is 14.7. The molecule has 1 saturated heterocycles. The molecular formula is C19H18BrN3O3S. The molecule has 0 radical (unpaired) electrons. The maximum Gasteiger partial charge on any atom is 0.257 e. The smallest absolute Gasteiger partial charge is 0.257 e. The van der Waals surface area contributed by atoms with Crippen LogP contribution < -0.4 is 4.74 Å². The van der Waals surface area contributed by atoms with E-state index in [2.05, 4.69) is 26.1 Å². The molecular weight excluding hydrogens is 430 g/mol. The molecule has 1 amide bonds. The predicted octanol–water partition coefficient (Wildman–Crippen LogP) is 4.59. The van der Waals surface area contributed by atoms with Crippen LogP contribution in [-0.4, -0.2) is 41.2 Å². The summed E-state index contributed by atoms with van der Waals surface area (Å²) >= 11 is 5.04. The summed E-state index contributed by atoms with van der Waals surface area (Å²) < 4.78 is 11.9. The fourth-order valence-corrected chi connectivity index (χ4v) is 4.29. The third-order valence-corrected chi connectivity index (χ3v) is 6.18. The van der Waals surface area contributed by atoms with Gasteiger partial charge >= 0.3 is 0 Å². The van der Waals surface area contributed by atoms with Gasteiger partial charge in [0.15, 0.2) is 0 Å². The third-order valence-electron chi connectivity index (χ3n) is 4.63. The number of nitrogens with zero attached hydrogens (tertiary/aromatic N) is 3. The average Bonchev–Trinajstić information content (AvgIpc) is 3.39. The number of ether oxygens (including phenoxy) is 1. The van der Waals surface area contributed by atoms with E-state index in [1.807, 2.05) is 34.5 Å². The Balaban J connectivity index is 1.52. The number of thiophene rings is 1. The molecule has 4 rings (SSSR count). The van der Waals surface area contributed by atoms with Crippen LogP contribution in [0.15, 0.2) is 44.6 Å². The second-order valence-corrected chi connectivity index (χ2v) is 8.16. The molecule has 1 aliphatic heterocycles. The van der Waals surface area contributed by atoms with E-state index in [1.165, 1.54) is 0 Å². The molecule has 0 bridgehead atoms. The molecule has 1 atom stereocenters. The number of hydrogen-bond donors (Lipinski definition) is 0. The van der Waals surface area contributed by atoms with Crippen molar-refractivity contribution in [1.29, 1.82) is 0 Å². The van der Waals surface area contributed by atoms with Gasteiger partial charge in [-0.2, -0.15) is 0 Å². The summed E-state index contributed by atoms with van der Waals surface area (Å²) in [5.41, 5.74) is 0.597. The van der Waals surface area contributed by atoms with Crippen LogP contribution in [-0.2, 0) is 0 Å². The Hall–Kier alpha value is -2.19. The largest absolute Gasteiger partial charge is 0.497 e. The second-order valence-electron chi connectivity index (χ2n) is 6.36. The zero-order chi connectivity index (χ0) is 18.8. The van der Waals surface area contributed by atoms with E-state index in [-0.39, 0.29) is 11.8 Å². The van der Waals surface area contributed by atoms with Gasteiger partial charge in [-0.1, -0.05) is 6.07 Å². The van der Waals surface area contributed by atoms with Crippen molar-refractivity contribution in [3.8, 4) is 16.5 Å². The van der Waals surface area contributed by atoms with Gasteiger partial charge in [0.1, 0.15) is 5.75 Å². The van der Waals surface area contributed by atoms with Crippen LogP contribution in [0.3, 0.4) is 0 Å². The first kappa shape index (κ1) is 18.2. The van der Waals surface area contributed by atoms with Crippen molar-refractivity contribution in [3.63, 3.8) is 0 Å². The number of hydrogen-bond acceptors (Lipinski definition) is 6. The second kappa shape index (κ2) is 7.82. The molecule has 1 aliphatic rings. The van der Waals surface area contributed by atoms with E-state index < -0.39 is 0 Å². The Kier molecular flexibility index (Phi) is 5.27. The molecule has 1 unspecified atom stereocenters. The molecule has 0 spiro atoms. The first-order valence-electron chi connectivity index (χ1n) is 8.66. The van der Waals surface area contributed by atoms with Crippen LogP contribution in [0.4, 0.5) is 0 Å². The average molecular weight is 448 g/mol. The molecule has 1 fully saturated rings. The Morgan fingerprint density at radius 3 is 3.04 bits per heavy atom. The molecule has 1 aromatic carbocycles. The molecule has 8 heteroatoms. The lowest BCUT2D eigenvalue weighted by atomic mass is 9.97. The molecule has 27 heavy (non-hydrogen) atoms.